The van der Waals surface area contributed by atoms with E-state index in [9.17, 15) is 0 Å². The van der Waals surface area contributed by atoms with Crippen molar-refractivity contribution in [3.05, 3.63) is 143 Å². The van der Waals surface area contributed by atoms with E-state index in [0.717, 1.165) is 61.5 Å². The number of hydrogen-bond donors (Lipinski definition) is 0. The molecule has 0 N–H and O–H groups in total. The number of aromatic nitrogens is 4. The summed E-state index contributed by atoms with van der Waals surface area (Å²) in [7, 11) is 0. The van der Waals surface area contributed by atoms with Gasteiger partial charge in [-0.3, -0.25) is 0 Å². The van der Waals surface area contributed by atoms with Gasteiger partial charge in [0.25, 0.3) is 5.82 Å². The fraction of sp³-hybridized carbons (Fsp3) is 0.380. The van der Waals surface area contributed by atoms with Gasteiger partial charge in [0.2, 0.25) is 0 Å². The fourth-order valence-corrected chi connectivity index (χ4v) is 10.8. The summed E-state index contributed by atoms with van der Waals surface area (Å²) in [6, 6.07) is 34.1. The number of fused-ring (bicyclic) bond motifs is 4. The molecule has 286 valence electrons. The molecule has 4 aromatic carbocycles. The predicted octanol–water partition coefficient (Wildman–Crippen LogP) is 11.8. The van der Waals surface area contributed by atoms with E-state index in [-0.39, 0.29) is 17.1 Å². The zero-order valence-corrected chi connectivity index (χ0v) is 34.6. The first-order valence-electron chi connectivity index (χ1n) is 21.2. The van der Waals surface area contributed by atoms with Crippen LogP contribution in [0.2, 0.25) is 0 Å². The zero-order valence-electron chi connectivity index (χ0n) is 34.6. The smallest absolute Gasteiger partial charge is 0.294 e. The SMILES string of the molecule is CCc1cnc2c(n1)N(c1ccccc1)C(C)N2c1ccccc1CCCC1(CC)[n+]2ccn3c2-c2cc(ccc2C1(C)CC)C(C)c1cccc(C(C)C)c1-3. The molecule has 5 heterocycles. The Hall–Kier alpha value is -5.23. The second kappa shape index (κ2) is 13.8. The molecule has 56 heavy (non-hydrogen) atoms. The highest BCUT2D eigenvalue weighted by Crippen LogP contribution is 2.54. The number of para-hydroxylation sites is 3. The molecule has 0 aliphatic carbocycles. The zero-order chi connectivity index (χ0) is 38.9. The summed E-state index contributed by atoms with van der Waals surface area (Å²) in [5.74, 6) is 3.93. The molecule has 0 saturated heterocycles. The van der Waals surface area contributed by atoms with Crippen molar-refractivity contribution in [3.8, 4) is 17.1 Å². The third-order valence-electron chi connectivity index (χ3n) is 14.1. The largest absolute Gasteiger partial charge is 0.302 e. The average molecular weight is 742 g/mol. The van der Waals surface area contributed by atoms with Crippen molar-refractivity contribution in [2.24, 2.45) is 0 Å². The van der Waals surface area contributed by atoms with Crippen LogP contribution in [-0.2, 0) is 23.8 Å². The molecule has 4 unspecified atom stereocenters. The van der Waals surface area contributed by atoms with Crippen molar-refractivity contribution in [1.29, 1.82) is 0 Å². The van der Waals surface area contributed by atoms with Gasteiger partial charge in [0, 0.05) is 33.8 Å². The average Bonchev–Trinajstić information content (AvgIpc) is 3.80. The van der Waals surface area contributed by atoms with Crippen LogP contribution in [0.25, 0.3) is 17.1 Å². The van der Waals surface area contributed by atoms with Gasteiger partial charge < -0.3 is 9.80 Å². The summed E-state index contributed by atoms with van der Waals surface area (Å²) in [6.07, 6.45) is 12.9. The Labute approximate surface area is 333 Å². The van der Waals surface area contributed by atoms with Crippen molar-refractivity contribution >= 4 is 23.0 Å². The lowest BCUT2D eigenvalue weighted by Crippen LogP contribution is -2.68. The summed E-state index contributed by atoms with van der Waals surface area (Å²) >= 11 is 0. The topological polar surface area (TPSA) is 41.1 Å². The van der Waals surface area contributed by atoms with Crippen LogP contribution in [0.5, 0.6) is 0 Å². The van der Waals surface area contributed by atoms with Gasteiger partial charge in [-0.1, -0.05) is 115 Å². The number of hydrogen-bond acceptors (Lipinski definition) is 4. The molecule has 0 fully saturated rings. The first-order valence-corrected chi connectivity index (χ1v) is 21.2. The molecule has 0 radical (unpaired) electrons. The molecule has 0 spiro atoms. The standard InChI is InChI=1S/C50H57N6/c1-9-38-32-51-46-47(52-38)55(39-21-13-12-14-22-39)35(7)56(46)44-25-16-15-19-36(44)20-18-28-50(11-3)49(8,10-2)43-27-26-37-31-42(43)48-53(29-30-54(48)50)45-40(33(4)5)23-17-24-41(45)34(37)6/h12-17,19,21-27,29-35H,9-11,18,20,28H2,1-8H3/q+1. The normalized spacial score (nSPS) is 21.9. The summed E-state index contributed by atoms with van der Waals surface area (Å²) in [4.78, 5) is 15.0. The Kier molecular flexibility index (Phi) is 8.94. The van der Waals surface area contributed by atoms with Crippen molar-refractivity contribution < 1.29 is 4.57 Å². The Morgan fingerprint density at radius 2 is 1.62 bits per heavy atom. The Morgan fingerprint density at radius 1 is 0.839 bits per heavy atom. The molecule has 0 saturated carbocycles. The second-order valence-corrected chi connectivity index (χ2v) is 17.0. The first kappa shape index (κ1) is 36.4. The highest BCUT2D eigenvalue weighted by molar-refractivity contribution is 5.84. The van der Waals surface area contributed by atoms with Gasteiger partial charge in [-0.05, 0) is 92.3 Å². The van der Waals surface area contributed by atoms with Crippen LogP contribution in [0.3, 0.4) is 0 Å². The van der Waals surface area contributed by atoms with E-state index in [4.69, 9.17) is 9.97 Å². The first-order chi connectivity index (χ1) is 27.2. The molecule has 6 aromatic rings. The lowest BCUT2D eigenvalue weighted by Gasteiger charge is -2.50. The molecule has 2 bridgehead atoms. The predicted molar refractivity (Wildman–Crippen MR) is 230 cm³/mol. The lowest BCUT2D eigenvalue weighted by atomic mass is 9.58. The number of nitrogens with zero attached hydrogens (tertiary/aromatic N) is 6. The third kappa shape index (κ3) is 5.17. The number of imidazole rings is 1. The van der Waals surface area contributed by atoms with E-state index < -0.39 is 0 Å². The Morgan fingerprint density at radius 3 is 2.38 bits per heavy atom. The van der Waals surface area contributed by atoms with E-state index in [0.29, 0.717) is 11.8 Å². The van der Waals surface area contributed by atoms with Gasteiger partial charge in [-0.25, -0.2) is 14.5 Å². The minimum Gasteiger partial charge on any atom is -0.302 e. The number of benzene rings is 4. The summed E-state index contributed by atoms with van der Waals surface area (Å²) in [5, 5.41) is 0. The molecule has 3 aliphatic heterocycles. The van der Waals surface area contributed by atoms with E-state index in [1.54, 1.807) is 0 Å². The minimum absolute atomic E-state index is 0.0172. The van der Waals surface area contributed by atoms with Crippen LogP contribution in [0.4, 0.5) is 23.0 Å². The maximum absolute atomic E-state index is 5.16. The van der Waals surface area contributed by atoms with Gasteiger partial charge in [0.15, 0.2) is 11.6 Å². The van der Waals surface area contributed by atoms with E-state index >= 15 is 0 Å². The van der Waals surface area contributed by atoms with Crippen LogP contribution >= 0.6 is 0 Å². The molecule has 2 aromatic heterocycles. The summed E-state index contributed by atoms with van der Waals surface area (Å²) in [5.41, 5.74) is 13.1. The van der Waals surface area contributed by atoms with Gasteiger partial charge in [-0.15, -0.1) is 0 Å². The summed E-state index contributed by atoms with van der Waals surface area (Å²) in [6.45, 7) is 18.9. The van der Waals surface area contributed by atoms with Crippen LogP contribution < -0.4 is 14.4 Å². The van der Waals surface area contributed by atoms with E-state index in [1.165, 1.54) is 50.6 Å². The molecule has 3 aliphatic rings. The lowest BCUT2D eigenvalue weighted by molar-refractivity contribution is -0.769. The van der Waals surface area contributed by atoms with Crippen LogP contribution in [0.15, 0.2) is 110 Å². The van der Waals surface area contributed by atoms with Gasteiger partial charge in [0.1, 0.15) is 29.8 Å². The van der Waals surface area contributed by atoms with Crippen molar-refractivity contribution in [2.75, 3.05) is 9.80 Å². The number of rotatable bonds is 10. The van der Waals surface area contributed by atoms with Crippen LogP contribution in [0, 0.1) is 0 Å². The van der Waals surface area contributed by atoms with Crippen molar-refractivity contribution in [3.63, 3.8) is 0 Å². The van der Waals surface area contributed by atoms with E-state index in [1.807, 2.05) is 6.20 Å². The van der Waals surface area contributed by atoms with Crippen LogP contribution in [0.1, 0.15) is 126 Å². The quantitative estimate of drug-likeness (QED) is 0.131. The molecule has 6 heteroatoms. The van der Waals surface area contributed by atoms with Gasteiger partial charge >= 0.3 is 0 Å². The number of aryl methyl sites for hydroxylation is 2. The maximum Gasteiger partial charge on any atom is 0.294 e. The third-order valence-corrected chi connectivity index (χ3v) is 14.1. The highest BCUT2D eigenvalue weighted by Gasteiger charge is 2.58. The molecule has 9 rings (SSSR count). The van der Waals surface area contributed by atoms with E-state index in [2.05, 4.69) is 178 Å². The molecule has 4 atom stereocenters. The summed E-state index contributed by atoms with van der Waals surface area (Å²) < 4.78 is 5.29. The number of anilines is 4. The van der Waals surface area contributed by atoms with Crippen molar-refractivity contribution in [1.82, 2.24) is 14.5 Å². The Bertz CT molecular complexity index is 2430. The van der Waals surface area contributed by atoms with Gasteiger partial charge in [-0.2, -0.15) is 4.57 Å². The van der Waals surface area contributed by atoms with Crippen molar-refractivity contribution in [2.45, 2.75) is 123 Å². The highest BCUT2D eigenvalue weighted by atomic mass is 15.5. The van der Waals surface area contributed by atoms with Crippen LogP contribution in [-0.4, -0.2) is 20.7 Å². The fourth-order valence-electron chi connectivity index (χ4n) is 10.8. The second-order valence-electron chi connectivity index (χ2n) is 17.0. The Balaban J connectivity index is 1.12. The monoisotopic (exact) mass is 741 g/mol. The molecule has 6 nitrogen and oxygen atoms in total. The molecular formula is C50H57N6+. The van der Waals surface area contributed by atoms with Gasteiger partial charge in [0.05, 0.1) is 17.5 Å². The minimum atomic E-state index is -0.108. The molecular weight excluding hydrogens is 685 g/mol. The maximum atomic E-state index is 5.16. The molecule has 0 amide bonds.